The van der Waals surface area contributed by atoms with Crippen LogP contribution in [-0.4, -0.2) is 34.7 Å². The van der Waals surface area contributed by atoms with Crippen molar-refractivity contribution in [1.29, 1.82) is 0 Å². The highest BCUT2D eigenvalue weighted by Gasteiger charge is 2.30. The molecule has 37 heavy (non-hydrogen) atoms. The standard InChI is InChI=1S/C27H27FN2O6S/c1-37-21-14-12-19(13-15-21)29-27(33)36-26(18-11-16-23(31)22(28)17-18)24(9-5-6-10-25(32)30-34)35-20-7-3-2-4-8-20/h2-4,6-8,10-17,24,26,31,34H,5,9H2,1H3,(H,29,33)(H,30,32)/b10-6+/t24-,26-/m1/s1. The van der Waals surface area contributed by atoms with E-state index in [-0.39, 0.29) is 12.0 Å². The van der Waals surface area contributed by atoms with Gasteiger partial charge >= 0.3 is 6.09 Å². The van der Waals surface area contributed by atoms with Gasteiger partial charge in [0.1, 0.15) is 11.9 Å². The SMILES string of the molecule is CSc1ccc(NC(=O)O[C@H](c2ccc(O)c(F)c2)[C@@H](CC/C=C/C(=O)NO)Oc2ccccc2)cc1. The van der Waals surface area contributed by atoms with Crippen LogP contribution in [0.15, 0.2) is 89.8 Å². The summed E-state index contributed by atoms with van der Waals surface area (Å²) in [5.41, 5.74) is 2.28. The van der Waals surface area contributed by atoms with Gasteiger partial charge in [-0.1, -0.05) is 30.3 Å². The Labute approximate surface area is 218 Å². The molecule has 10 heteroatoms. The lowest BCUT2D eigenvalue weighted by molar-refractivity contribution is -0.124. The maximum Gasteiger partial charge on any atom is 0.412 e. The number of para-hydroxylation sites is 1. The minimum Gasteiger partial charge on any atom is -0.505 e. The van der Waals surface area contributed by atoms with Crippen LogP contribution in [0.3, 0.4) is 0 Å². The Morgan fingerprint density at radius 1 is 1.08 bits per heavy atom. The molecule has 0 radical (unpaired) electrons. The first-order chi connectivity index (χ1) is 17.9. The largest absolute Gasteiger partial charge is 0.505 e. The highest BCUT2D eigenvalue weighted by atomic mass is 32.2. The number of rotatable bonds is 11. The number of thioether (sulfide) groups is 1. The number of hydrogen-bond donors (Lipinski definition) is 4. The Balaban J connectivity index is 1.88. The molecule has 0 fully saturated rings. The Bertz CT molecular complexity index is 1210. The lowest BCUT2D eigenvalue weighted by Gasteiger charge is -2.28. The number of amides is 2. The minimum atomic E-state index is -1.08. The second-order valence-electron chi connectivity index (χ2n) is 7.82. The minimum absolute atomic E-state index is 0.257. The number of carbonyl (C=O) groups is 2. The van der Waals surface area contributed by atoms with Crippen LogP contribution in [0.5, 0.6) is 11.5 Å². The van der Waals surface area contributed by atoms with Gasteiger partial charge in [0.15, 0.2) is 17.7 Å². The fourth-order valence-electron chi connectivity index (χ4n) is 3.43. The molecule has 2 amide bonds. The summed E-state index contributed by atoms with van der Waals surface area (Å²) in [5.74, 6) is -1.62. The van der Waals surface area contributed by atoms with E-state index >= 15 is 0 Å². The zero-order valence-electron chi connectivity index (χ0n) is 20.0. The average Bonchev–Trinajstić information content (AvgIpc) is 2.91. The Hall–Kier alpha value is -4.02. The molecular weight excluding hydrogens is 499 g/mol. The highest BCUT2D eigenvalue weighted by molar-refractivity contribution is 7.98. The van der Waals surface area contributed by atoms with E-state index in [1.807, 2.05) is 24.5 Å². The van der Waals surface area contributed by atoms with Crippen molar-refractivity contribution >= 4 is 29.4 Å². The quantitative estimate of drug-likeness (QED) is 0.107. The van der Waals surface area contributed by atoms with E-state index in [0.717, 1.165) is 17.0 Å². The summed E-state index contributed by atoms with van der Waals surface area (Å²) in [5, 5.41) is 21.0. The average molecular weight is 527 g/mol. The van der Waals surface area contributed by atoms with E-state index < -0.39 is 35.8 Å². The van der Waals surface area contributed by atoms with Crippen LogP contribution in [0.2, 0.25) is 0 Å². The summed E-state index contributed by atoms with van der Waals surface area (Å²) in [4.78, 5) is 25.2. The van der Waals surface area contributed by atoms with E-state index in [1.165, 1.54) is 23.7 Å². The molecule has 0 bridgehead atoms. The van der Waals surface area contributed by atoms with Gasteiger partial charge in [0.25, 0.3) is 5.91 Å². The molecule has 0 aromatic heterocycles. The molecule has 8 nitrogen and oxygen atoms in total. The topological polar surface area (TPSA) is 117 Å². The number of anilines is 1. The smallest absolute Gasteiger partial charge is 0.412 e. The van der Waals surface area contributed by atoms with Gasteiger partial charge in [-0.05, 0) is 73.2 Å². The molecule has 0 saturated carbocycles. The monoisotopic (exact) mass is 526 g/mol. The number of halogens is 1. The lowest BCUT2D eigenvalue weighted by Crippen LogP contribution is -2.31. The van der Waals surface area contributed by atoms with Crippen molar-refractivity contribution in [3.63, 3.8) is 0 Å². The molecule has 0 spiro atoms. The molecule has 0 aliphatic heterocycles. The first kappa shape index (κ1) is 27.6. The van der Waals surface area contributed by atoms with E-state index in [9.17, 15) is 19.1 Å². The van der Waals surface area contributed by atoms with Gasteiger partial charge in [-0.15, -0.1) is 11.8 Å². The third kappa shape index (κ3) is 8.55. The van der Waals surface area contributed by atoms with Gasteiger partial charge in [-0.2, -0.15) is 0 Å². The summed E-state index contributed by atoms with van der Waals surface area (Å²) < 4.78 is 26.2. The van der Waals surface area contributed by atoms with Crippen LogP contribution in [-0.2, 0) is 9.53 Å². The van der Waals surface area contributed by atoms with Crippen molar-refractivity contribution in [2.45, 2.75) is 29.9 Å². The maximum atomic E-state index is 14.3. The first-order valence-electron chi connectivity index (χ1n) is 11.3. The van der Waals surface area contributed by atoms with Crippen LogP contribution < -0.4 is 15.5 Å². The fraction of sp³-hybridized carbons (Fsp3) is 0.185. The molecular formula is C27H27FN2O6S. The van der Waals surface area contributed by atoms with Gasteiger partial charge < -0.3 is 14.6 Å². The summed E-state index contributed by atoms with van der Waals surface area (Å²) in [6, 6.07) is 19.7. The zero-order chi connectivity index (χ0) is 26.6. The van der Waals surface area contributed by atoms with Crippen LogP contribution >= 0.6 is 11.8 Å². The number of carbonyl (C=O) groups excluding carboxylic acids is 2. The molecule has 3 aromatic rings. The molecule has 0 aliphatic carbocycles. The number of hydroxylamine groups is 1. The van der Waals surface area contributed by atoms with Crippen LogP contribution in [0.1, 0.15) is 24.5 Å². The Morgan fingerprint density at radius 2 is 1.81 bits per heavy atom. The summed E-state index contributed by atoms with van der Waals surface area (Å²) in [7, 11) is 0. The van der Waals surface area contributed by atoms with E-state index in [2.05, 4.69) is 5.32 Å². The van der Waals surface area contributed by atoms with Crippen molar-refractivity contribution in [3.05, 3.63) is 96.3 Å². The summed E-state index contributed by atoms with van der Waals surface area (Å²) >= 11 is 1.56. The predicted molar refractivity (Wildman–Crippen MR) is 138 cm³/mol. The summed E-state index contributed by atoms with van der Waals surface area (Å²) in [6.07, 6.45) is 2.51. The van der Waals surface area contributed by atoms with Crippen LogP contribution in [0.4, 0.5) is 14.9 Å². The van der Waals surface area contributed by atoms with Gasteiger partial charge in [-0.25, -0.2) is 14.7 Å². The molecule has 0 saturated heterocycles. The maximum absolute atomic E-state index is 14.3. The van der Waals surface area contributed by atoms with Crippen LogP contribution in [0.25, 0.3) is 0 Å². The predicted octanol–water partition coefficient (Wildman–Crippen LogP) is 5.83. The van der Waals surface area contributed by atoms with Crippen molar-refractivity contribution in [3.8, 4) is 11.5 Å². The number of phenols is 1. The molecule has 194 valence electrons. The van der Waals surface area contributed by atoms with Gasteiger partial charge in [0.2, 0.25) is 0 Å². The summed E-state index contributed by atoms with van der Waals surface area (Å²) in [6.45, 7) is 0. The van der Waals surface area contributed by atoms with Gasteiger partial charge in [0, 0.05) is 16.7 Å². The van der Waals surface area contributed by atoms with E-state index in [1.54, 1.807) is 48.2 Å². The number of hydrogen-bond acceptors (Lipinski definition) is 7. The Morgan fingerprint density at radius 3 is 2.46 bits per heavy atom. The number of benzene rings is 3. The van der Waals surface area contributed by atoms with E-state index in [4.69, 9.17) is 14.7 Å². The number of nitrogens with one attached hydrogen (secondary N) is 2. The molecule has 0 unspecified atom stereocenters. The number of ether oxygens (including phenoxy) is 2. The van der Waals surface area contributed by atoms with Crippen molar-refractivity contribution < 1.29 is 33.8 Å². The van der Waals surface area contributed by atoms with Gasteiger partial charge in [-0.3, -0.25) is 15.3 Å². The van der Waals surface area contributed by atoms with Crippen molar-refractivity contribution in [1.82, 2.24) is 5.48 Å². The zero-order valence-corrected chi connectivity index (χ0v) is 20.8. The third-order valence-electron chi connectivity index (χ3n) is 5.24. The van der Waals surface area contributed by atoms with Crippen molar-refractivity contribution in [2.75, 3.05) is 11.6 Å². The molecule has 4 N–H and O–H groups in total. The molecule has 2 atom stereocenters. The highest BCUT2D eigenvalue weighted by Crippen LogP contribution is 2.31. The Kier molecular flexibility index (Phi) is 10.4. The molecule has 3 rings (SSSR count). The second-order valence-corrected chi connectivity index (χ2v) is 8.70. The fourth-order valence-corrected chi connectivity index (χ4v) is 3.84. The molecule has 3 aromatic carbocycles. The first-order valence-corrected chi connectivity index (χ1v) is 12.5. The third-order valence-corrected chi connectivity index (χ3v) is 5.98. The second kappa shape index (κ2) is 13.9. The number of allylic oxidation sites excluding steroid dienone is 1. The van der Waals surface area contributed by atoms with Gasteiger partial charge in [0.05, 0.1) is 0 Å². The molecule has 0 heterocycles. The van der Waals surface area contributed by atoms with Crippen LogP contribution in [0, 0.1) is 5.82 Å². The van der Waals surface area contributed by atoms with Crippen molar-refractivity contribution in [2.24, 2.45) is 0 Å². The number of aromatic hydroxyl groups is 1. The lowest BCUT2D eigenvalue weighted by atomic mass is 9.99. The van der Waals surface area contributed by atoms with E-state index in [0.29, 0.717) is 17.9 Å². The normalized spacial score (nSPS) is 12.5. The number of phenolic OH excluding ortho intramolecular Hbond substituents is 1. The molecule has 0 aliphatic rings.